The second-order valence-electron chi connectivity index (χ2n) is 8.07. The fraction of sp³-hybridized carbons (Fsp3) is 0.214. The summed E-state index contributed by atoms with van der Waals surface area (Å²) in [5.41, 5.74) is 1.22. The highest BCUT2D eigenvalue weighted by molar-refractivity contribution is 5.89. The van der Waals surface area contributed by atoms with E-state index in [4.69, 9.17) is 23.7 Å². The van der Waals surface area contributed by atoms with Crippen LogP contribution in [0.25, 0.3) is 11.1 Å². The van der Waals surface area contributed by atoms with Gasteiger partial charge < -0.3 is 23.7 Å². The van der Waals surface area contributed by atoms with Gasteiger partial charge in [0.1, 0.15) is 13.2 Å². The molecule has 0 atom stereocenters. The minimum absolute atomic E-state index is 0.0664. The highest BCUT2D eigenvalue weighted by Crippen LogP contribution is 2.34. The molecule has 0 aliphatic carbocycles. The van der Waals surface area contributed by atoms with Crippen molar-refractivity contribution >= 4 is 23.9 Å². The predicted octanol–water partition coefficient (Wildman–Crippen LogP) is 4.50. The molecule has 2 aromatic carbocycles. The second-order valence-corrected chi connectivity index (χ2v) is 8.07. The molecule has 2 rings (SSSR count). The van der Waals surface area contributed by atoms with Gasteiger partial charge in [-0.25, -0.2) is 23.6 Å². The lowest BCUT2D eigenvalue weighted by Crippen LogP contribution is -2.19. The molecule has 0 heterocycles. The van der Waals surface area contributed by atoms with E-state index in [2.05, 4.69) is 19.7 Å². The van der Waals surface area contributed by atoms with Crippen LogP contribution in [0.5, 0.6) is 17.2 Å². The molecule has 38 heavy (non-hydrogen) atoms. The van der Waals surface area contributed by atoms with Crippen LogP contribution >= 0.6 is 0 Å². The molecule has 0 aliphatic heterocycles. The molecular formula is C28H27FO9. The van der Waals surface area contributed by atoms with Crippen molar-refractivity contribution in [3.8, 4) is 28.4 Å². The zero-order valence-electron chi connectivity index (χ0n) is 21.3. The van der Waals surface area contributed by atoms with E-state index in [1.54, 1.807) is 6.07 Å². The largest absolute Gasteiger partial charge is 0.486 e. The van der Waals surface area contributed by atoms with E-state index in [1.165, 1.54) is 45.0 Å². The van der Waals surface area contributed by atoms with Gasteiger partial charge in [-0.1, -0.05) is 31.9 Å². The molecule has 0 N–H and O–H groups in total. The van der Waals surface area contributed by atoms with E-state index < -0.39 is 36.3 Å². The Hall–Kier alpha value is -4.73. The number of benzene rings is 2. The topological polar surface area (TPSA) is 114 Å². The lowest BCUT2D eigenvalue weighted by molar-refractivity contribution is -0.150. The van der Waals surface area contributed by atoms with Crippen molar-refractivity contribution < 1.29 is 47.3 Å². The summed E-state index contributed by atoms with van der Waals surface area (Å²) < 4.78 is 40.2. The van der Waals surface area contributed by atoms with E-state index in [-0.39, 0.29) is 47.2 Å². The number of esters is 4. The Kier molecular flexibility index (Phi) is 10.5. The van der Waals surface area contributed by atoms with Crippen LogP contribution in [0, 0.1) is 5.82 Å². The first-order valence-corrected chi connectivity index (χ1v) is 11.2. The third kappa shape index (κ3) is 8.74. The molecule has 0 bridgehead atoms. The maximum absolute atomic E-state index is 14.6. The zero-order chi connectivity index (χ0) is 28.4. The van der Waals surface area contributed by atoms with Gasteiger partial charge in [-0.3, -0.25) is 0 Å². The van der Waals surface area contributed by atoms with Gasteiger partial charge >= 0.3 is 23.9 Å². The maximum atomic E-state index is 14.6. The highest BCUT2D eigenvalue weighted by atomic mass is 19.1. The number of ether oxygens (including phenoxy) is 5. The molecule has 0 aliphatic rings. The molecule has 200 valence electrons. The number of carbonyl (C=O) groups excluding carboxylic acids is 4. The zero-order valence-corrected chi connectivity index (χ0v) is 21.3. The van der Waals surface area contributed by atoms with Gasteiger partial charge in [0.25, 0.3) is 0 Å². The Labute approximate surface area is 219 Å². The summed E-state index contributed by atoms with van der Waals surface area (Å²) in [6, 6.07) is 8.34. The number of rotatable bonds is 12. The molecule has 2 aromatic rings. The van der Waals surface area contributed by atoms with Gasteiger partial charge in [0, 0.05) is 16.7 Å². The molecule has 0 aromatic heterocycles. The second kappa shape index (κ2) is 13.5. The molecular weight excluding hydrogens is 499 g/mol. The molecule has 10 heteroatoms. The number of hydrogen-bond acceptors (Lipinski definition) is 9. The average Bonchev–Trinajstić information content (AvgIpc) is 2.86. The standard InChI is InChI=1S/C28H27FO9/c1-16(2)26(31)35-12-11-34-23-10-8-20(14-24(23)37-25(30)15-36-27(32)17(3)4)19-7-9-22(21(29)13-19)38-28(33)18(5)6/h7-10,13-14H,1,3,5,11-12,15H2,2,4,6H3. The fourth-order valence-electron chi connectivity index (χ4n) is 2.65. The van der Waals surface area contributed by atoms with Crippen molar-refractivity contribution in [2.75, 3.05) is 19.8 Å². The Bertz CT molecular complexity index is 1290. The first-order valence-electron chi connectivity index (χ1n) is 11.2. The van der Waals surface area contributed by atoms with E-state index in [0.29, 0.717) is 11.1 Å². The van der Waals surface area contributed by atoms with Crippen LogP contribution in [0.2, 0.25) is 0 Å². The van der Waals surface area contributed by atoms with Gasteiger partial charge in [-0.15, -0.1) is 0 Å². The normalized spacial score (nSPS) is 10.1. The highest BCUT2D eigenvalue weighted by Gasteiger charge is 2.17. The van der Waals surface area contributed by atoms with Crippen molar-refractivity contribution in [1.82, 2.24) is 0 Å². The van der Waals surface area contributed by atoms with Gasteiger partial charge in [-0.05, 0) is 56.2 Å². The molecule has 0 unspecified atom stereocenters. The Balaban J connectivity index is 2.27. The van der Waals surface area contributed by atoms with Crippen LogP contribution in [-0.4, -0.2) is 43.7 Å². The maximum Gasteiger partial charge on any atom is 0.349 e. The van der Waals surface area contributed by atoms with Crippen molar-refractivity contribution in [3.05, 3.63) is 78.7 Å². The quantitative estimate of drug-likeness (QED) is 0.171. The number of carbonyl (C=O) groups is 4. The first-order chi connectivity index (χ1) is 17.9. The van der Waals surface area contributed by atoms with E-state index in [0.717, 1.165) is 6.07 Å². The van der Waals surface area contributed by atoms with Crippen molar-refractivity contribution in [3.63, 3.8) is 0 Å². The Morgan fingerprint density at radius 2 is 1.24 bits per heavy atom. The lowest BCUT2D eigenvalue weighted by Gasteiger charge is -2.14. The molecule has 0 saturated heterocycles. The minimum atomic E-state index is -0.913. The summed E-state index contributed by atoms with van der Waals surface area (Å²) in [7, 11) is 0. The van der Waals surface area contributed by atoms with E-state index >= 15 is 0 Å². The predicted molar refractivity (Wildman–Crippen MR) is 135 cm³/mol. The number of hydrogen-bond donors (Lipinski definition) is 0. The third-order valence-electron chi connectivity index (χ3n) is 4.58. The molecule has 9 nitrogen and oxygen atoms in total. The van der Waals surface area contributed by atoms with Crippen LogP contribution in [0.1, 0.15) is 20.8 Å². The molecule has 0 saturated carbocycles. The van der Waals surface area contributed by atoms with Crippen LogP contribution in [0.15, 0.2) is 72.9 Å². The Morgan fingerprint density at radius 3 is 1.82 bits per heavy atom. The van der Waals surface area contributed by atoms with E-state index in [1.807, 2.05) is 0 Å². The summed E-state index contributed by atoms with van der Waals surface area (Å²) in [5, 5.41) is 0. The SMILES string of the molecule is C=C(C)C(=O)OCCOc1ccc(-c2ccc(OC(=O)C(=C)C)c(F)c2)cc1OC(=O)COC(=O)C(=C)C. The summed E-state index contributed by atoms with van der Waals surface area (Å²) >= 11 is 0. The lowest BCUT2D eigenvalue weighted by atomic mass is 10.0. The molecule has 0 spiro atoms. The van der Waals surface area contributed by atoms with Crippen LogP contribution in [-0.2, 0) is 28.7 Å². The monoisotopic (exact) mass is 526 g/mol. The average molecular weight is 527 g/mol. The summed E-state index contributed by atoms with van der Waals surface area (Å²) in [6.45, 7) is 13.8. The third-order valence-corrected chi connectivity index (χ3v) is 4.58. The smallest absolute Gasteiger partial charge is 0.349 e. The van der Waals surface area contributed by atoms with Crippen molar-refractivity contribution in [2.45, 2.75) is 20.8 Å². The fourth-order valence-corrected chi connectivity index (χ4v) is 2.65. The summed E-state index contributed by atoms with van der Waals surface area (Å²) in [5.74, 6) is -4.09. The van der Waals surface area contributed by atoms with Crippen LogP contribution < -0.4 is 14.2 Å². The first kappa shape index (κ1) is 29.5. The summed E-state index contributed by atoms with van der Waals surface area (Å²) in [4.78, 5) is 47.1. The van der Waals surface area contributed by atoms with Gasteiger partial charge in [0.15, 0.2) is 29.7 Å². The number of halogens is 1. The van der Waals surface area contributed by atoms with E-state index in [9.17, 15) is 23.6 Å². The van der Waals surface area contributed by atoms with Crippen LogP contribution in [0.3, 0.4) is 0 Å². The molecule has 0 radical (unpaired) electrons. The molecule has 0 amide bonds. The molecule has 0 fully saturated rings. The van der Waals surface area contributed by atoms with Crippen LogP contribution in [0.4, 0.5) is 4.39 Å². The van der Waals surface area contributed by atoms with Gasteiger partial charge in [0.05, 0.1) is 0 Å². The van der Waals surface area contributed by atoms with Crippen molar-refractivity contribution in [2.24, 2.45) is 0 Å². The Morgan fingerprint density at radius 1 is 0.684 bits per heavy atom. The van der Waals surface area contributed by atoms with Crippen molar-refractivity contribution in [1.29, 1.82) is 0 Å². The minimum Gasteiger partial charge on any atom is -0.486 e. The van der Waals surface area contributed by atoms with Gasteiger partial charge in [0.2, 0.25) is 0 Å². The summed E-state index contributed by atoms with van der Waals surface area (Å²) in [6.07, 6.45) is 0. The van der Waals surface area contributed by atoms with Gasteiger partial charge in [-0.2, -0.15) is 0 Å².